The van der Waals surface area contributed by atoms with Crippen molar-refractivity contribution < 1.29 is 4.79 Å². The number of nitrogens with two attached hydrogens (primary N) is 1. The predicted octanol–water partition coefficient (Wildman–Crippen LogP) is 2.29. The second-order valence-electron chi connectivity index (χ2n) is 4.82. The molecular weight excluding hydrogens is 244 g/mol. The quantitative estimate of drug-likeness (QED) is 0.823. The van der Waals surface area contributed by atoms with Crippen LogP contribution in [-0.2, 0) is 0 Å². The molecule has 18 heavy (non-hydrogen) atoms. The van der Waals surface area contributed by atoms with Crippen LogP contribution in [0.25, 0.3) is 0 Å². The normalized spacial score (nSPS) is 10.7. The molecule has 0 saturated heterocycles. The molecule has 0 aliphatic rings. The summed E-state index contributed by atoms with van der Waals surface area (Å²) in [5.74, 6) is 5.77. The Balaban J connectivity index is 2.88. The first-order chi connectivity index (χ1) is 8.39. The van der Waals surface area contributed by atoms with Gasteiger partial charge in [0.25, 0.3) is 5.91 Å². The van der Waals surface area contributed by atoms with Gasteiger partial charge in [-0.1, -0.05) is 18.8 Å². The van der Waals surface area contributed by atoms with Crippen LogP contribution in [-0.4, -0.2) is 18.0 Å². The first kappa shape index (κ1) is 14.7. The monoisotopic (exact) mass is 264 g/mol. The zero-order valence-corrected chi connectivity index (χ0v) is 12.2. The Morgan fingerprint density at radius 3 is 2.78 bits per heavy atom. The molecule has 0 aromatic carbocycles. The van der Waals surface area contributed by atoms with E-state index in [4.69, 9.17) is 5.73 Å². The summed E-state index contributed by atoms with van der Waals surface area (Å²) >= 11 is 1.42. The van der Waals surface area contributed by atoms with Crippen molar-refractivity contribution in [3.8, 4) is 11.8 Å². The second-order valence-corrected chi connectivity index (χ2v) is 5.87. The van der Waals surface area contributed by atoms with Gasteiger partial charge < -0.3 is 11.1 Å². The number of hydrogen-bond donors (Lipinski definition) is 2. The first-order valence-electron chi connectivity index (χ1n) is 6.01. The summed E-state index contributed by atoms with van der Waals surface area (Å²) in [6.07, 6.45) is 0.892. The Hall–Kier alpha value is -1.31. The molecule has 3 nitrogen and oxygen atoms in total. The SMILES string of the molecule is CCC(C)(C)NC(=O)c1cc(C)c(C#CCN)s1. The molecule has 98 valence electrons. The highest BCUT2D eigenvalue weighted by molar-refractivity contribution is 7.14. The van der Waals surface area contributed by atoms with E-state index in [-0.39, 0.29) is 11.4 Å². The molecule has 0 bridgehead atoms. The molecule has 1 rings (SSSR count). The van der Waals surface area contributed by atoms with E-state index in [0.29, 0.717) is 11.4 Å². The standard InChI is InChI=1S/C14H20N2OS/c1-5-14(3,4)16-13(17)12-9-10(2)11(18-12)7-6-8-15/h9H,5,8,15H2,1-4H3,(H,16,17). The fourth-order valence-corrected chi connectivity index (χ4v) is 2.25. The minimum atomic E-state index is -0.182. The third kappa shape index (κ3) is 3.86. The van der Waals surface area contributed by atoms with E-state index in [1.165, 1.54) is 11.3 Å². The van der Waals surface area contributed by atoms with Gasteiger partial charge in [-0.2, -0.15) is 0 Å². The fourth-order valence-electron chi connectivity index (χ4n) is 1.31. The van der Waals surface area contributed by atoms with Gasteiger partial charge in [0.05, 0.1) is 16.3 Å². The van der Waals surface area contributed by atoms with Crippen LogP contribution in [0.3, 0.4) is 0 Å². The van der Waals surface area contributed by atoms with Crippen molar-refractivity contribution in [3.63, 3.8) is 0 Å². The summed E-state index contributed by atoms with van der Waals surface area (Å²) in [5, 5.41) is 3.02. The van der Waals surface area contributed by atoms with E-state index < -0.39 is 0 Å². The third-order valence-corrected chi connectivity index (χ3v) is 3.93. The maximum atomic E-state index is 12.1. The lowest BCUT2D eigenvalue weighted by molar-refractivity contribution is 0.0915. The minimum absolute atomic E-state index is 0.0317. The molecule has 0 saturated carbocycles. The van der Waals surface area contributed by atoms with Gasteiger partial charge in [-0.3, -0.25) is 4.79 Å². The lowest BCUT2D eigenvalue weighted by atomic mass is 10.0. The van der Waals surface area contributed by atoms with Crippen LogP contribution in [0.5, 0.6) is 0 Å². The molecular formula is C14H20N2OS. The van der Waals surface area contributed by atoms with Gasteiger partial charge in [0.15, 0.2) is 0 Å². The summed E-state index contributed by atoms with van der Waals surface area (Å²) in [6, 6.07) is 1.88. The molecule has 1 aromatic heterocycles. The van der Waals surface area contributed by atoms with Crippen LogP contribution < -0.4 is 11.1 Å². The molecule has 4 heteroatoms. The number of carbonyl (C=O) groups excluding carboxylic acids is 1. The number of thiophene rings is 1. The Morgan fingerprint density at radius 2 is 2.22 bits per heavy atom. The number of hydrogen-bond acceptors (Lipinski definition) is 3. The molecule has 0 fully saturated rings. The van der Waals surface area contributed by atoms with Gasteiger partial charge in [-0.15, -0.1) is 11.3 Å². The molecule has 1 heterocycles. The van der Waals surface area contributed by atoms with Gasteiger partial charge in [0, 0.05) is 5.54 Å². The molecule has 0 aliphatic heterocycles. The van der Waals surface area contributed by atoms with Gasteiger partial charge in [-0.25, -0.2) is 0 Å². The largest absolute Gasteiger partial charge is 0.346 e. The van der Waals surface area contributed by atoms with E-state index in [1.54, 1.807) is 0 Å². The van der Waals surface area contributed by atoms with Gasteiger partial charge >= 0.3 is 0 Å². The Labute approximate surface area is 113 Å². The summed E-state index contributed by atoms with van der Waals surface area (Å²) in [4.78, 5) is 13.7. The van der Waals surface area contributed by atoms with Gasteiger partial charge in [0.2, 0.25) is 0 Å². The topological polar surface area (TPSA) is 55.1 Å². The minimum Gasteiger partial charge on any atom is -0.346 e. The second kappa shape index (κ2) is 6.03. The lowest BCUT2D eigenvalue weighted by Crippen LogP contribution is -2.42. The van der Waals surface area contributed by atoms with E-state index in [0.717, 1.165) is 16.9 Å². The average molecular weight is 264 g/mol. The van der Waals surface area contributed by atoms with Crippen molar-refractivity contribution in [1.82, 2.24) is 5.32 Å². The van der Waals surface area contributed by atoms with Crippen molar-refractivity contribution >= 4 is 17.2 Å². The Kier molecular flexibility index (Phi) is 4.94. The zero-order valence-electron chi connectivity index (χ0n) is 11.4. The fraction of sp³-hybridized carbons (Fsp3) is 0.500. The van der Waals surface area contributed by atoms with E-state index >= 15 is 0 Å². The highest BCUT2D eigenvalue weighted by Gasteiger charge is 2.20. The van der Waals surface area contributed by atoms with Crippen LogP contribution in [0, 0.1) is 18.8 Å². The maximum absolute atomic E-state index is 12.1. The van der Waals surface area contributed by atoms with Crippen LogP contribution >= 0.6 is 11.3 Å². The summed E-state index contributed by atoms with van der Waals surface area (Å²) in [6.45, 7) is 8.37. The smallest absolute Gasteiger partial charge is 0.261 e. The van der Waals surface area contributed by atoms with Gasteiger partial charge in [0.1, 0.15) is 0 Å². The summed E-state index contributed by atoms with van der Waals surface area (Å²) in [7, 11) is 0. The van der Waals surface area contributed by atoms with Crippen molar-refractivity contribution in [3.05, 3.63) is 21.4 Å². The Morgan fingerprint density at radius 1 is 1.56 bits per heavy atom. The van der Waals surface area contributed by atoms with Crippen molar-refractivity contribution in [2.24, 2.45) is 5.73 Å². The number of aryl methyl sites for hydroxylation is 1. The molecule has 0 spiro atoms. The zero-order chi connectivity index (χ0) is 13.8. The number of nitrogens with one attached hydrogen (secondary N) is 1. The van der Waals surface area contributed by atoms with E-state index in [1.807, 2.05) is 26.8 Å². The molecule has 1 aromatic rings. The first-order valence-corrected chi connectivity index (χ1v) is 6.83. The summed E-state index contributed by atoms with van der Waals surface area (Å²) in [5.41, 5.74) is 6.19. The van der Waals surface area contributed by atoms with Crippen molar-refractivity contribution in [2.45, 2.75) is 39.7 Å². The van der Waals surface area contributed by atoms with E-state index in [9.17, 15) is 4.79 Å². The summed E-state index contributed by atoms with van der Waals surface area (Å²) < 4.78 is 0. The molecule has 0 atom stereocenters. The van der Waals surface area contributed by atoms with E-state index in [2.05, 4.69) is 24.1 Å². The Bertz CT molecular complexity index is 492. The number of carbonyl (C=O) groups is 1. The molecule has 0 unspecified atom stereocenters. The number of rotatable bonds is 3. The van der Waals surface area contributed by atoms with Crippen LogP contribution in [0.4, 0.5) is 0 Å². The van der Waals surface area contributed by atoms with Crippen LogP contribution in [0.1, 0.15) is 47.3 Å². The van der Waals surface area contributed by atoms with Crippen molar-refractivity contribution in [1.29, 1.82) is 0 Å². The highest BCUT2D eigenvalue weighted by atomic mass is 32.1. The molecule has 3 N–H and O–H groups in total. The van der Waals surface area contributed by atoms with Crippen LogP contribution in [0.2, 0.25) is 0 Å². The molecule has 1 amide bonds. The highest BCUT2D eigenvalue weighted by Crippen LogP contribution is 2.21. The van der Waals surface area contributed by atoms with Crippen LogP contribution in [0.15, 0.2) is 6.07 Å². The van der Waals surface area contributed by atoms with Gasteiger partial charge in [-0.05, 0) is 38.8 Å². The average Bonchev–Trinajstić information content (AvgIpc) is 2.68. The number of amides is 1. The molecule has 0 radical (unpaired) electrons. The lowest BCUT2D eigenvalue weighted by Gasteiger charge is -2.23. The maximum Gasteiger partial charge on any atom is 0.261 e. The molecule has 0 aliphatic carbocycles. The third-order valence-electron chi connectivity index (χ3n) is 2.78. The predicted molar refractivity (Wildman–Crippen MR) is 76.8 cm³/mol. The van der Waals surface area contributed by atoms with Crippen molar-refractivity contribution in [2.75, 3.05) is 6.54 Å².